The van der Waals surface area contributed by atoms with Gasteiger partial charge in [-0.3, -0.25) is 14.6 Å². The van der Waals surface area contributed by atoms with E-state index in [0.717, 1.165) is 37.3 Å². The Bertz CT molecular complexity index is 792. The number of aromatic amines is 2. The molecule has 1 aliphatic heterocycles. The summed E-state index contributed by atoms with van der Waals surface area (Å²) in [6, 6.07) is 1.86. The van der Waals surface area contributed by atoms with Crippen LogP contribution in [0, 0.1) is 6.92 Å². The molecule has 1 amide bonds. The fourth-order valence-corrected chi connectivity index (χ4v) is 2.45. The average Bonchev–Trinajstić information content (AvgIpc) is 3.03. The van der Waals surface area contributed by atoms with Crippen LogP contribution in [0.15, 0.2) is 21.9 Å². The molecule has 0 unspecified atom stereocenters. The molecule has 0 radical (unpaired) electrons. The Morgan fingerprint density at radius 3 is 2.52 bits per heavy atom. The number of nitrogens with two attached hydrogens (primary N) is 1. The third-order valence-corrected chi connectivity index (χ3v) is 3.49. The van der Waals surface area contributed by atoms with E-state index in [-0.39, 0.29) is 6.41 Å². The summed E-state index contributed by atoms with van der Waals surface area (Å²) in [6.45, 7) is 3.89. The quantitative estimate of drug-likeness (QED) is 0.640. The van der Waals surface area contributed by atoms with Gasteiger partial charge in [-0.2, -0.15) is 5.10 Å². The van der Waals surface area contributed by atoms with Crippen LogP contribution < -0.4 is 21.9 Å². The molecule has 1 saturated heterocycles. The molecule has 3 heterocycles. The van der Waals surface area contributed by atoms with Crippen molar-refractivity contribution >= 4 is 12.1 Å². The van der Waals surface area contributed by atoms with E-state index < -0.39 is 11.2 Å². The molecule has 0 saturated carbocycles. The average molecular weight is 318 g/mol. The first-order valence-corrected chi connectivity index (χ1v) is 7.14. The predicted molar refractivity (Wildman–Crippen MR) is 85.1 cm³/mol. The largest absolute Gasteiger partial charge is 0.372 e. The number of nitrogens with zero attached hydrogens (tertiary/aromatic N) is 3. The summed E-state index contributed by atoms with van der Waals surface area (Å²) in [5, 5.41) is 8.18. The monoisotopic (exact) mass is 318 g/mol. The summed E-state index contributed by atoms with van der Waals surface area (Å²) in [5.74, 6) is 0. The number of carbonyl (C=O) groups excluding carboxylic acids is 1. The number of aryl methyl sites for hydroxylation is 1. The van der Waals surface area contributed by atoms with Gasteiger partial charge in [-0.15, -0.1) is 5.10 Å². The Morgan fingerprint density at radius 2 is 1.91 bits per heavy atom. The van der Waals surface area contributed by atoms with Crippen molar-refractivity contribution < 1.29 is 4.79 Å². The minimum Gasteiger partial charge on any atom is -0.372 e. The van der Waals surface area contributed by atoms with Gasteiger partial charge in [-0.1, -0.05) is 0 Å². The Morgan fingerprint density at radius 1 is 1.26 bits per heavy atom. The SMILES string of the molecule is Cc1nnc(-c2c[nH]c(=O)[nH]c2=O)cc1N1CCCC1.NC=O. The number of hydrogen-bond donors (Lipinski definition) is 3. The number of primary amides is 1. The van der Waals surface area contributed by atoms with Crippen molar-refractivity contribution in [1.29, 1.82) is 0 Å². The number of nitrogens with one attached hydrogen (secondary N) is 2. The third-order valence-electron chi connectivity index (χ3n) is 3.49. The van der Waals surface area contributed by atoms with Gasteiger partial charge in [-0.05, 0) is 25.8 Å². The Balaban J connectivity index is 0.000000595. The van der Waals surface area contributed by atoms with Gasteiger partial charge >= 0.3 is 5.69 Å². The van der Waals surface area contributed by atoms with E-state index >= 15 is 0 Å². The molecule has 3 rings (SSSR count). The number of aromatic nitrogens is 4. The Kier molecular flexibility index (Phi) is 5.23. The smallest absolute Gasteiger partial charge is 0.325 e. The Labute approximate surface area is 131 Å². The topological polar surface area (TPSA) is 138 Å². The molecule has 2 aromatic rings. The van der Waals surface area contributed by atoms with Crippen LogP contribution in [0.2, 0.25) is 0 Å². The first-order chi connectivity index (χ1) is 11.1. The van der Waals surface area contributed by atoms with Crippen LogP contribution in [0.25, 0.3) is 11.3 Å². The van der Waals surface area contributed by atoms with Crippen LogP contribution in [0.3, 0.4) is 0 Å². The highest BCUT2D eigenvalue weighted by Crippen LogP contribution is 2.25. The van der Waals surface area contributed by atoms with Gasteiger partial charge in [0.25, 0.3) is 5.56 Å². The molecule has 1 fully saturated rings. The number of hydrogen-bond acceptors (Lipinski definition) is 6. The van der Waals surface area contributed by atoms with Crippen molar-refractivity contribution in [2.75, 3.05) is 18.0 Å². The zero-order valence-corrected chi connectivity index (χ0v) is 12.7. The van der Waals surface area contributed by atoms with Crippen molar-refractivity contribution in [2.45, 2.75) is 19.8 Å². The van der Waals surface area contributed by atoms with Crippen molar-refractivity contribution in [1.82, 2.24) is 20.2 Å². The van der Waals surface area contributed by atoms with Gasteiger partial charge in [-0.25, -0.2) is 4.79 Å². The number of H-pyrrole nitrogens is 2. The molecule has 4 N–H and O–H groups in total. The van der Waals surface area contributed by atoms with E-state index in [1.165, 1.54) is 6.20 Å². The van der Waals surface area contributed by atoms with E-state index in [0.29, 0.717) is 11.3 Å². The first kappa shape index (κ1) is 16.4. The standard InChI is InChI=1S/C13H15N5O2.CH3NO/c1-8-11(18-4-2-3-5-18)6-10(17-16-8)9-7-14-13(20)15-12(9)19;2-1-3/h6-7H,2-5H2,1H3,(H2,14,15,19,20);1H,(H2,2,3). The lowest BCUT2D eigenvalue weighted by Crippen LogP contribution is -2.23. The summed E-state index contributed by atoms with van der Waals surface area (Å²) in [6.07, 6.45) is 3.95. The molecule has 1 aliphatic rings. The molecule has 0 spiro atoms. The van der Waals surface area contributed by atoms with Crippen LogP contribution in [-0.2, 0) is 4.79 Å². The van der Waals surface area contributed by atoms with Gasteiger partial charge < -0.3 is 15.6 Å². The second-order valence-electron chi connectivity index (χ2n) is 5.02. The van der Waals surface area contributed by atoms with E-state index in [1.807, 2.05) is 13.0 Å². The summed E-state index contributed by atoms with van der Waals surface area (Å²) >= 11 is 0. The molecule has 0 aromatic carbocycles. The Hall–Kier alpha value is -2.97. The molecule has 23 heavy (non-hydrogen) atoms. The molecule has 0 atom stereocenters. The van der Waals surface area contributed by atoms with Crippen LogP contribution in [0.5, 0.6) is 0 Å². The fourth-order valence-electron chi connectivity index (χ4n) is 2.45. The zero-order chi connectivity index (χ0) is 16.8. The molecule has 122 valence electrons. The fraction of sp³-hybridized carbons (Fsp3) is 0.357. The van der Waals surface area contributed by atoms with Crippen LogP contribution in [0.4, 0.5) is 5.69 Å². The van der Waals surface area contributed by atoms with Gasteiger partial charge in [0.15, 0.2) is 0 Å². The summed E-state index contributed by atoms with van der Waals surface area (Å²) < 4.78 is 0. The van der Waals surface area contributed by atoms with E-state index in [1.54, 1.807) is 0 Å². The number of anilines is 1. The van der Waals surface area contributed by atoms with Gasteiger partial charge in [0.05, 0.1) is 16.9 Å². The zero-order valence-electron chi connectivity index (χ0n) is 12.7. The summed E-state index contributed by atoms with van der Waals surface area (Å²) in [4.78, 5) is 38.3. The van der Waals surface area contributed by atoms with Crippen LogP contribution >= 0.6 is 0 Å². The summed E-state index contributed by atoms with van der Waals surface area (Å²) in [7, 11) is 0. The van der Waals surface area contributed by atoms with E-state index in [9.17, 15) is 9.59 Å². The van der Waals surface area contributed by atoms with Crippen molar-refractivity contribution in [3.05, 3.63) is 38.8 Å². The van der Waals surface area contributed by atoms with E-state index in [2.05, 4.69) is 30.8 Å². The normalized spacial score (nSPS) is 13.3. The lowest BCUT2D eigenvalue weighted by molar-refractivity contribution is -0.106. The minimum absolute atomic E-state index is 0.250. The van der Waals surface area contributed by atoms with Crippen LogP contribution in [-0.4, -0.2) is 39.7 Å². The summed E-state index contributed by atoms with van der Waals surface area (Å²) in [5.41, 5.74) is 5.81. The molecule has 0 bridgehead atoms. The number of carbonyl (C=O) groups is 1. The minimum atomic E-state index is -0.529. The second kappa shape index (κ2) is 7.34. The molecular formula is C14H18N6O3. The van der Waals surface area contributed by atoms with Crippen molar-refractivity contribution in [3.63, 3.8) is 0 Å². The van der Waals surface area contributed by atoms with Crippen molar-refractivity contribution in [2.24, 2.45) is 5.73 Å². The molecule has 2 aromatic heterocycles. The highest BCUT2D eigenvalue weighted by Gasteiger charge is 2.17. The molecule has 9 nitrogen and oxygen atoms in total. The van der Waals surface area contributed by atoms with E-state index in [4.69, 9.17) is 4.79 Å². The maximum Gasteiger partial charge on any atom is 0.325 e. The molecule has 0 aliphatic carbocycles. The third kappa shape index (κ3) is 3.82. The number of amides is 1. The highest BCUT2D eigenvalue weighted by atomic mass is 16.2. The molecular weight excluding hydrogens is 300 g/mol. The van der Waals surface area contributed by atoms with Gasteiger partial charge in [0, 0.05) is 19.3 Å². The van der Waals surface area contributed by atoms with Crippen LogP contribution in [0.1, 0.15) is 18.5 Å². The predicted octanol–water partition coefficient (Wildman–Crippen LogP) is -0.470. The van der Waals surface area contributed by atoms with Gasteiger partial charge in [0.2, 0.25) is 6.41 Å². The lowest BCUT2D eigenvalue weighted by atomic mass is 10.2. The molecule has 9 heteroatoms. The number of rotatable bonds is 2. The maximum atomic E-state index is 11.8. The first-order valence-electron chi connectivity index (χ1n) is 7.14. The highest BCUT2D eigenvalue weighted by molar-refractivity contribution is 5.64. The van der Waals surface area contributed by atoms with Gasteiger partial charge in [0.1, 0.15) is 5.69 Å². The maximum absolute atomic E-state index is 11.8. The second-order valence-corrected chi connectivity index (χ2v) is 5.02. The van der Waals surface area contributed by atoms with Crippen molar-refractivity contribution in [3.8, 4) is 11.3 Å². The lowest BCUT2D eigenvalue weighted by Gasteiger charge is -2.19.